The molecule has 108 valence electrons. The van der Waals surface area contributed by atoms with Crippen LogP contribution in [0.2, 0.25) is 0 Å². The number of rotatable bonds is 3. The van der Waals surface area contributed by atoms with Gasteiger partial charge < -0.3 is 0 Å². The Kier molecular flexibility index (Phi) is 3.96. The highest BCUT2D eigenvalue weighted by Crippen LogP contribution is 2.21. The summed E-state index contributed by atoms with van der Waals surface area (Å²) in [7, 11) is -3.90. The molecule has 0 saturated carbocycles. The van der Waals surface area contributed by atoms with Crippen LogP contribution < -0.4 is 4.72 Å². The number of hydrogen-bond acceptors (Lipinski definition) is 3. The van der Waals surface area contributed by atoms with Gasteiger partial charge in [0.25, 0.3) is 10.0 Å². The van der Waals surface area contributed by atoms with Crippen LogP contribution in [-0.4, -0.2) is 8.42 Å². The van der Waals surface area contributed by atoms with Crippen molar-refractivity contribution in [1.29, 1.82) is 5.26 Å². The van der Waals surface area contributed by atoms with Crippen molar-refractivity contribution in [3.05, 3.63) is 58.9 Å². The summed E-state index contributed by atoms with van der Waals surface area (Å²) >= 11 is 0. The highest BCUT2D eigenvalue weighted by molar-refractivity contribution is 7.92. The molecule has 0 aliphatic heterocycles. The van der Waals surface area contributed by atoms with Crippen molar-refractivity contribution in [3.63, 3.8) is 0 Å². The highest BCUT2D eigenvalue weighted by atomic mass is 32.2. The Morgan fingerprint density at radius 3 is 2.48 bits per heavy atom. The van der Waals surface area contributed by atoms with Crippen molar-refractivity contribution in [2.75, 3.05) is 4.72 Å². The average Bonchev–Trinajstić information content (AvgIpc) is 2.42. The number of nitriles is 1. The summed E-state index contributed by atoms with van der Waals surface area (Å²) in [5.74, 6) is -0.644. The van der Waals surface area contributed by atoms with Crippen LogP contribution in [0.4, 0.5) is 10.1 Å². The smallest absolute Gasteiger partial charge is 0.261 e. The van der Waals surface area contributed by atoms with Crippen LogP contribution in [0.1, 0.15) is 16.7 Å². The number of sulfonamides is 1. The summed E-state index contributed by atoms with van der Waals surface area (Å²) in [5.41, 5.74) is 1.59. The van der Waals surface area contributed by atoms with Crippen LogP contribution in [0.5, 0.6) is 0 Å². The summed E-state index contributed by atoms with van der Waals surface area (Å²) in [6.07, 6.45) is 0. The Bertz CT molecular complexity index is 839. The number of halogens is 1. The Balaban J connectivity index is 2.41. The lowest BCUT2D eigenvalue weighted by molar-refractivity contribution is 0.598. The maximum atomic E-state index is 13.6. The first-order valence-corrected chi connectivity index (χ1v) is 7.61. The SMILES string of the molecule is Cc1ccc(F)c(NS(=O)(=O)c2ccc(C#N)c(C)c2)c1. The first-order valence-electron chi connectivity index (χ1n) is 6.13. The van der Waals surface area contributed by atoms with E-state index in [0.29, 0.717) is 11.1 Å². The van der Waals surface area contributed by atoms with Gasteiger partial charge in [-0.1, -0.05) is 6.07 Å². The van der Waals surface area contributed by atoms with Gasteiger partial charge in [-0.3, -0.25) is 4.72 Å². The van der Waals surface area contributed by atoms with Gasteiger partial charge in [0.05, 0.1) is 22.2 Å². The van der Waals surface area contributed by atoms with E-state index >= 15 is 0 Å². The molecule has 0 fully saturated rings. The molecule has 21 heavy (non-hydrogen) atoms. The van der Waals surface area contributed by atoms with Gasteiger partial charge in [-0.15, -0.1) is 0 Å². The second-order valence-corrected chi connectivity index (χ2v) is 6.36. The molecule has 6 heteroatoms. The van der Waals surface area contributed by atoms with Crippen molar-refractivity contribution >= 4 is 15.7 Å². The van der Waals surface area contributed by atoms with Gasteiger partial charge in [-0.2, -0.15) is 5.26 Å². The molecule has 0 atom stereocenters. The van der Waals surface area contributed by atoms with Crippen LogP contribution in [0.25, 0.3) is 0 Å². The fourth-order valence-corrected chi connectivity index (χ4v) is 2.99. The summed E-state index contributed by atoms with van der Waals surface area (Å²) in [5, 5.41) is 8.85. The van der Waals surface area contributed by atoms with Gasteiger partial charge in [0.15, 0.2) is 0 Å². The van der Waals surface area contributed by atoms with Gasteiger partial charge in [0.1, 0.15) is 5.82 Å². The van der Waals surface area contributed by atoms with E-state index in [9.17, 15) is 12.8 Å². The highest BCUT2D eigenvalue weighted by Gasteiger charge is 2.17. The molecule has 2 aromatic rings. The normalized spacial score (nSPS) is 11.0. The molecule has 0 unspecified atom stereocenters. The van der Waals surface area contributed by atoms with Crippen molar-refractivity contribution in [3.8, 4) is 6.07 Å². The molecule has 0 spiro atoms. The summed E-state index contributed by atoms with van der Waals surface area (Å²) in [6.45, 7) is 3.38. The van der Waals surface area contributed by atoms with E-state index in [2.05, 4.69) is 4.72 Å². The molecule has 0 aliphatic rings. The predicted molar refractivity (Wildman–Crippen MR) is 77.8 cm³/mol. The molecule has 1 N–H and O–H groups in total. The largest absolute Gasteiger partial charge is 0.277 e. The lowest BCUT2D eigenvalue weighted by atomic mass is 10.1. The van der Waals surface area contributed by atoms with Crippen LogP contribution in [0.3, 0.4) is 0 Å². The third-order valence-corrected chi connectivity index (χ3v) is 4.36. The number of aryl methyl sites for hydroxylation is 2. The minimum atomic E-state index is -3.90. The quantitative estimate of drug-likeness (QED) is 0.947. The summed E-state index contributed by atoms with van der Waals surface area (Å²) < 4.78 is 40.4. The maximum absolute atomic E-state index is 13.6. The lowest BCUT2D eigenvalue weighted by Gasteiger charge is -2.10. The molecule has 4 nitrogen and oxygen atoms in total. The average molecular weight is 304 g/mol. The number of nitrogens with one attached hydrogen (secondary N) is 1. The van der Waals surface area contributed by atoms with E-state index < -0.39 is 15.8 Å². The topological polar surface area (TPSA) is 70.0 Å². The van der Waals surface area contributed by atoms with E-state index in [1.165, 1.54) is 30.3 Å². The van der Waals surface area contributed by atoms with Crippen molar-refractivity contribution < 1.29 is 12.8 Å². The summed E-state index contributed by atoms with van der Waals surface area (Å²) in [4.78, 5) is -0.0140. The molecule has 0 saturated heterocycles. The molecule has 0 amide bonds. The van der Waals surface area contributed by atoms with E-state index in [4.69, 9.17) is 5.26 Å². The number of anilines is 1. The zero-order chi connectivity index (χ0) is 15.6. The van der Waals surface area contributed by atoms with Gasteiger partial charge >= 0.3 is 0 Å². The maximum Gasteiger partial charge on any atom is 0.261 e. The Morgan fingerprint density at radius 2 is 1.86 bits per heavy atom. The first kappa shape index (κ1) is 15.0. The Labute approximate surface area is 122 Å². The second-order valence-electron chi connectivity index (χ2n) is 4.68. The van der Waals surface area contributed by atoms with E-state index in [-0.39, 0.29) is 10.6 Å². The third kappa shape index (κ3) is 3.20. The molecule has 2 aromatic carbocycles. The van der Waals surface area contributed by atoms with Gasteiger partial charge in [-0.05, 0) is 55.3 Å². The molecule has 0 bridgehead atoms. The van der Waals surface area contributed by atoms with E-state index in [1.807, 2.05) is 6.07 Å². The number of benzene rings is 2. The van der Waals surface area contributed by atoms with E-state index in [1.54, 1.807) is 19.9 Å². The first-order chi connectivity index (χ1) is 9.83. The standard InChI is InChI=1S/C15H13FN2O2S/c1-10-3-6-14(16)15(7-10)18-21(19,20)13-5-4-12(9-17)11(2)8-13/h3-8,18H,1-2H3. The molecule has 0 heterocycles. The van der Waals surface area contributed by atoms with Crippen LogP contribution in [0.15, 0.2) is 41.3 Å². The van der Waals surface area contributed by atoms with Gasteiger partial charge in [0, 0.05) is 0 Å². The van der Waals surface area contributed by atoms with Gasteiger partial charge in [0.2, 0.25) is 0 Å². The monoisotopic (exact) mass is 304 g/mol. The zero-order valence-corrected chi connectivity index (χ0v) is 12.3. The summed E-state index contributed by atoms with van der Waals surface area (Å²) in [6, 6.07) is 10.3. The van der Waals surface area contributed by atoms with E-state index in [0.717, 1.165) is 5.56 Å². The molecule has 0 radical (unpaired) electrons. The zero-order valence-electron chi connectivity index (χ0n) is 11.5. The molecule has 0 aromatic heterocycles. The minimum absolute atomic E-state index is 0.0140. The molecule has 2 rings (SSSR count). The van der Waals surface area contributed by atoms with Crippen molar-refractivity contribution in [1.82, 2.24) is 0 Å². The second kappa shape index (κ2) is 5.54. The van der Waals surface area contributed by atoms with Crippen molar-refractivity contribution in [2.24, 2.45) is 0 Å². The Morgan fingerprint density at radius 1 is 1.14 bits per heavy atom. The van der Waals surface area contributed by atoms with Crippen molar-refractivity contribution in [2.45, 2.75) is 18.7 Å². The minimum Gasteiger partial charge on any atom is -0.277 e. The molecular weight excluding hydrogens is 291 g/mol. The molecule has 0 aliphatic carbocycles. The third-order valence-electron chi connectivity index (χ3n) is 2.99. The van der Waals surface area contributed by atoms with Crippen LogP contribution in [-0.2, 0) is 10.0 Å². The van der Waals surface area contributed by atoms with Gasteiger partial charge in [-0.25, -0.2) is 12.8 Å². The fourth-order valence-electron chi connectivity index (χ4n) is 1.85. The number of hydrogen-bond donors (Lipinski definition) is 1. The van der Waals surface area contributed by atoms with Crippen LogP contribution >= 0.6 is 0 Å². The fraction of sp³-hybridized carbons (Fsp3) is 0.133. The number of nitrogens with zero attached hydrogens (tertiary/aromatic N) is 1. The lowest BCUT2D eigenvalue weighted by Crippen LogP contribution is -2.14. The Hall–Kier alpha value is -2.39. The predicted octanol–water partition coefficient (Wildman–Crippen LogP) is 3.12. The molecular formula is C15H13FN2O2S. The van der Waals surface area contributed by atoms with Crippen LogP contribution in [0, 0.1) is 31.0 Å².